The average molecular weight is 530 g/mol. The van der Waals surface area contributed by atoms with Gasteiger partial charge in [-0.15, -0.1) is 0 Å². The fraction of sp³-hybridized carbons (Fsp3) is 0.207. The molecule has 9 heteroatoms. The van der Waals surface area contributed by atoms with Gasteiger partial charge in [0.05, 0.1) is 30.4 Å². The van der Waals surface area contributed by atoms with E-state index in [1.54, 1.807) is 24.3 Å². The predicted octanol–water partition coefficient (Wildman–Crippen LogP) is 4.79. The van der Waals surface area contributed by atoms with Crippen molar-refractivity contribution in [2.45, 2.75) is 19.9 Å². The maximum absolute atomic E-state index is 13.1. The van der Waals surface area contributed by atoms with Crippen LogP contribution in [0.1, 0.15) is 27.0 Å². The van der Waals surface area contributed by atoms with Crippen molar-refractivity contribution in [1.82, 2.24) is 9.88 Å². The molecule has 0 spiro atoms. The van der Waals surface area contributed by atoms with Gasteiger partial charge in [-0.1, -0.05) is 42.0 Å². The molecule has 0 aliphatic carbocycles. The number of carbonyl (C=O) groups excluding carboxylic acids is 1. The molecule has 1 aromatic heterocycles. The van der Waals surface area contributed by atoms with Gasteiger partial charge in [0.25, 0.3) is 5.56 Å². The summed E-state index contributed by atoms with van der Waals surface area (Å²) in [5.41, 5.74) is 4.24. The number of nitrogens with one attached hydrogen (secondary N) is 2. The van der Waals surface area contributed by atoms with E-state index >= 15 is 0 Å². The highest BCUT2D eigenvalue weighted by Gasteiger charge is 2.19. The van der Waals surface area contributed by atoms with Gasteiger partial charge in [-0.05, 0) is 55.4 Å². The van der Waals surface area contributed by atoms with Gasteiger partial charge in [-0.3, -0.25) is 4.79 Å². The molecule has 1 aliphatic rings. The highest BCUT2D eigenvalue weighted by atomic mass is 32.1. The van der Waals surface area contributed by atoms with Crippen molar-refractivity contribution in [1.29, 1.82) is 0 Å². The van der Waals surface area contributed by atoms with E-state index in [9.17, 15) is 9.59 Å². The topological polar surface area (TPSA) is 92.9 Å². The molecule has 0 radical (unpaired) electrons. The number of methoxy groups -OCH3 is 1. The first-order chi connectivity index (χ1) is 18.4. The molecule has 2 N–H and O–H groups in total. The number of anilines is 1. The zero-order valence-electron chi connectivity index (χ0n) is 21.1. The van der Waals surface area contributed by atoms with Crippen molar-refractivity contribution in [2.75, 3.05) is 25.8 Å². The van der Waals surface area contributed by atoms with Gasteiger partial charge in [0.2, 0.25) is 6.79 Å². The average Bonchev–Trinajstić information content (AvgIpc) is 3.37. The number of hydrogen-bond acceptors (Lipinski definition) is 6. The molecule has 0 atom stereocenters. The van der Waals surface area contributed by atoms with Crippen molar-refractivity contribution in [3.05, 3.63) is 99.3 Å². The van der Waals surface area contributed by atoms with Crippen LogP contribution in [0, 0.1) is 6.92 Å². The Labute approximate surface area is 225 Å². The third-order valence-corrected chi connectivity index (χ3v) is 6.75. The van der Waals surface area contributed by atoms with Crippen molar-refractivity contribution >= 4 is 39.9 Å². The van der Waals surface area contributed by atoms with E-state index in [0.717, 1.165) is 10.9 Å². The van der Waals surface area contributed by atoms with Gasteiger partial charge in [0.15, 0.2) is 16.6 Å². The summed E-state index contributed by atoms with van der Waals surface area (Å²) in [6, 6.07) is 20.8. The van der Waals surface area contributed by atoms with Crippen molar-refractivity contribution in [3.8, 4) is 11.5 Å². The Hall–Kier alpha value is -4.37. The molecule has 0 unspecified atom stereocenters. The molecule has 2 heterocycles. The number of aromatic nitrogens is 1. The summed E-state index contributed by atoms with van der Waals surface area (Å²) in [4.78, 5) is 30.2. The number of benzene rings is 3. The lowest BCUT2D eigenvalue weighted by Gasteiger charge is -2.26. The lowest BCUT2D eigenvalue weighted by atomic mass is 10.1. The van der Waals surface area contributed by atoms with Crippen LogP contribution in [0.25, 0.3) is 10.9 Å². The minimum atomic E-state index is -0.466. The number of esters is 1. The number of fused-ring (bicyclic) bond motifs is 2. The normalized spacial score (nSPS) is 11.8. The standard InChI is InChI=1S/C29H27N3O5S/c1-18-6-5-7-19(12-18)10-11-32(29(38)31-23-9-4-3-8-22(23)28(34)35-2)16-21-13-20-14-25-26(37-17-36-25)15-24(20)30-27(21)33/h3-9,12-15H,10-11,16-17H2,1-2H3,(H,30,33)(H,31,38). The number of thiocarbonyl (C=S) groups is 1. The summed E-state index contributed by atoms with van der Waals surface area (Å²) in [6.45, 7) is 3.02. The zero-order valence-corrected chi connectivity index (χ0v) is 21.9. The lowest BCUT2D eigenvalue weighted by Crippen LogP contribution is -2.37. The summed E-state index contributed by atoms with van der Waals surface area (Å²) < 4.78 is 15.9. The third kappa shape index (κ3) is 5.47. The van der Waals surface area contributed by atoms with E-state index in [1.165, 1.54) is 12.7 Å². The fourth-order valence-electron chi connectivity index (χ4n) is 4.42. The van der Waals surface area contributed by atoms with Crippen LogP contribution in [0.2, 0.25) is 0 Å². The van der Waals surface area contributed by atoms with E-state index in [4.69, 9.17) is 26.4 Å². The van der Waals surface area contributed by atoms with Gasteiger partial charge in [0.1, 0.15) is 0 Å². The van der Waals surface area contributed by atoms with Gasteiger partial charge in [-0.25, -0.2) is 4.79 Å². The molecule has 8 nitrogen and oxygen atoms in total. The Balaban J connectivity index is 1.44. The molecule has 0 saturated heterocycles. The minimum absolute atomic E-state index is 0.155. The Kier molecular flexibility index (Phi) is 7.28. The molecular weight excluding hydrogens is 502 g/mol. The molecule has 1 aliphatic heterocycles. The molecule has 3 aromatic carbocycles. The number of hydrogen-bond donors (Lipinski definition) is 2. The lowest BCUT2D eigenvalue weighted by molar-refractivity contribution is 0.0602. The molecule has 4 aromatic rings. The number of pyridine rings is 1. The van der Waals surface area contributed by atoms with Gasteiger partial charge < -0.3 is 29.4 Å². The minimum Gasteiger partial charge on any atom is -0.465 e. The zero-order chi connectivity index (χ0) is 26.6. The maximum atomic E-state index is 13.1. The van der Waals surface area contributed by atoms with Crippen molar-refractivity contribution in [2.24, 2.45) is 0 Å². The Morgan fingerprint density at radius 2 is 1.87 bits per heavy atom. The number of aromatic amines is 1. The van der Waals surface area contributed by atoms with Crippen LogP contribution in [-0.2, 0) is 17.7 Å². The number of carbonyl (C=O) groups is 1. The van der Waals surface area contributed by atoms with Gasteiger partial charge in [0, 0.05) is 23.6 Å². The molecule has 0 bridgehead atoms. The predicted molar refractivity (Wildman–Crippen MR) is 150 cm³/mol. The Bertz CT molecular complexity index is 1580. The Morgan fingerprint density at radius 3 is 2.66 bits per heavy atom. The van der Waals surface area contributed by atoms with Crippen LogP contribution in [-0.4, -0.2) is 41.4 Å². The molecular formula is C29H27N3O5S. The van der Waals surface area contributed by atoms with Crippen LogP contribution in [0.3, 0.4) is 0 Å². The SMILES string of the molecule is COC(=O)c1ccccc1NC(=S)N(CCc1cccc(C)c1)Cc1cc2cc3c(cc2[nH]c1=O)OCO3. The van der Waals surface area contributed by atoms with E-state index < -0.39 is 5.97 Å². The number of aryl methyl sites for hydroxylation is 1. The first-order valence-corrected chi connectivity index (χ1v) is 12.6. The molecule has 0 saturated carbocycles. The number of ether oxygens (including phenoxy) is 3. The number of nitrogens with zero attached hydrogens (tertiary/aromatic N) is 1. The number of rotatable bonds is 7. The third-order valence-electron chi connectivity index (χ3n) is 6.39. The number of para-hydroxylation sites is 1. The molecule has 194 valence electrons. The van der Waals surface area contributed by atoms with Crippen molar-refractivity contribution < 1.29 is 19.0 Å². The largest absolute Gasteiger partial charge is 0.465 e. The maximum Gasteiger partial charge on any atom is 0.339 e. The van der Waals surface area contributed by atoms with Crippen LogP contribution in [0.5, 0.6) is 11.5 Å². The van der Waals surface area contributed by atoms with E-state index in [1.807, 2.05) is 29.2 Å². The molecule has 0 fully saturated rings. The fourth-order valence-corrected chi connectivity index (χ4v) is 4.69. The highest BCUT2D eigenvalue weighted by Crippen LogP contribution is 2.35. The second-order valence-corrected chi connectivity index (χ2v) is 9.43. The Morgan fingerprint density at radius 1 is 1.08 bits per heavy atom. The first-order valence-electron chi connectivity index (χ1n) is 12.2. The van der Waals surface area contributed by atoms with Crippen LogP contribution in [0.4, 0.5) is 5.69 Å². The van der Waals surface area contributed by atoms with Crippen LogP contribution in [0.15, 0.2) is 71.5 Å². The quantitative estimate of drug-likeness (QED) is 0.261. The molecule has 38 heavy (non-hydrogen) atoms. The van der Waals surface area contributed by atoms with Gasteiger partial charge in [-0.2, -0.15) is 0 Å². The molecule has 0 amide bonds. The summed E-state index contributed by atoms with van der Waals surface area (Å²) in [7, 11) is 1.34. The van der Waals surface area contributed by atoms with E-state index in [-0.39, 0.29) is 18.9 Å². The summed E-state index contributed by atoms with van der Waals surface area (Å²) >= 11 is 5.80. The highest BCUT2D eigenvalue weighted by molar-refractivity contribution is 7.80. The smallest absolute Gasteiger partial charge is 0.339 e. The first kappa shape index (κ1) is 25.3. The van der Waals surface area contributed by atoms with E-state index in [2.05, 4.69) is 35.4 Å². The molecule has 5 rings (SSSR count). The number of H-pyrrole nitrogens is 1. The van der Waals surface area contributed by atoms with Crippen LogP contribution < -0.4 is 20.3 Å². The van der Waals surface area contributed by atoms with Gasteiger partial charge >= 0.3 is 5.97 Å². The van der Waals surface area contributed by atoms with E-state index in [0.29, 0.717) is 51.9 Å². The summed E-state index contributed by atoms with van der Waals surface area (Å²) in [5.74, 6) is 0.783. The summed E-state index contributed by atoms with van der Waals surface area (Å²) in [5, 5.41) is 4.41. The van der Waals surface area contributed by atoms with Crippen LogP contribution >= 0.6 is 12.2 Å². The summed E-state index contributed by atoms with van der Waals surface area (Å²) in [6.07, 6.45) is 0.715. The van der Waals surface area contributed by atoms with Crippen molar-refractivity contribution in [3.63, 3.8) is 0 Å². The second kappa shape index (κ2) is 10.9. The monoisotopic (exact) mass is 529 g/mol. The second-order valence-electron chi connectivity index (χ2n) is 9.04.